The van der Waals surface area contributed by atoms with Crippen molar-refractivity contribution < 1.29 is 22.7 Å². The van der Waals surface area contributed by atoms with E-state index in [9.17, 15) is 18.0 Å². The summed E-state index contributed by atoms with van der Waals surface area (Å²) in [7, 11) is 1.78. The van der Waals surface area contributed by atoms with E-state index in [1.54, 1.807) is 17.4 Å². The molecule has 13 heteroatoms. The minimum absolute atomic E-state index is 0.0931. The van der Waals surface area contributed by atoms with Crippen LogP contribution in [0.25, 0.3) is 21.8 Å². The quantitative estimate of drug-likeness (QED) is 0.142. The summed E-state index contributed by atoms with van der Waals surface area (Å²) >= 11 is 1.10. The SMILES string of the molecule is C=NN(C)c1cc(NC(=O)c2csc(-c3cc(C(F)(F)F)nn3C3CCCCOC3)n2)c(-c2cccc(CN3CCCCC3)c2)cc1C. The topological polar surface area (TPSA) is 87.9 Å². The standard InChI is InChI=1S/C35H40F3N7O2S/c1-23-16-27(25-11-9-10-24(17-25)20-44-13-6-4-7-14-44)28(18-30(23)43(3)39-2)40-33(46)29-22-48-34(41-29)31-19-32(35(36,37)38)42-45(31)26-12-5-8-15-47-21-26/h9-11,16-19,22,26H,2,4-8,12-15,20-21H2,1,3H3,(H,40,46). The lowest BCUT2D eigenvalue weighted by atomic mass is 9.97. The number of halogens is 3. The van der Waals surface area contributed by atoms with Crippen LogP contribution in [0.2, 0.25) is 0 Å². The highest BCUT2D eigenvalue weighted by atomic mass is 32.1. The highest BCUT2D eigenvalue weighted by molar-refractivity contribution is 7.13. The highest BCUT2D eigenvalue weighted by Crippen LogP contribution is 2.38. The van der Waals surface area contributed by atoms with E-state index in [2.05, 4.69) is 44.3 Å². The van der Waals surface area contributed by atoms with Gasteiger partial charge in [0.1, 0.15) is 10.7 Å². The predicted molar refractivity (Wildman–Crippen MR) is 184 cm³/mol. The molecule has 1 amide bonds. The Morgan fingerprint density at radius 3 is 2.73 bits per heavy atom. The number of hydrogen-bond donors (Lipinski definition) is 1. The average molecular weight is 680 g/mol. The van der Waals surface area contributed by atoms with Gasteiger partial charge in [-0.05, 0) is 93.1 Å². The Hall–Kier alpha value is -4.07. The second-order valence-corrected chi connectivity index (χ2v) is 13.3. The van der Waals surface area contributed by atoms with E-state index >= 15 is 0 Å². The first-order chi connectivity index (χ1) is 23.1. The number of carbonyl (C=O) groups excluding carboxylic acids is 1. The van der Waals surface area contributed by atoms with Gasteiger partial charge in [0, 0.05) is 37.9 Å². The van der Waals surface area contributed by atoms with Gasteiger partial charge < -0.3 is 10.1 Å². The van der Waals surface area contributed by atoms with Gasteiger partial charge in [-0.2, -0.15) is 23.4 Å². The van der Waals surface area contributed by atoms with Crippen molar-refractivity contribution in [3.8, 4) is 21.8 Å². The van der Waals surface area contributed by atoms with Crippen LogP contribution >= 0.6 is 11.3 Å². The van der Waals surface area contributed by atoms with E-state index in [0.29, 0.717) is 18.7 Å². The Labute approximate surface area is 282 Å². The van der Waals surface area contributed by atoms with Crippen LogP contribution in [-0.4, -0.2) is 65.6 Å². The second-order valence-electron chi connectivity index (χ2n) is 12.5. The van der Waals surface area contributed by atoms with Gasteiger partial charge >= 0.3 is 6.18 Å². The number of aromatic nitrogens is 3. The van der Waals surface area contributed by atoms with Gasteiger partial charge in [-0.3, -0.25) is 19.4 Å². The summed E-state index contributed by atoms with van der Waals surface area (Å²) < 4.78 is 48.4. The first-order valence-electron chi connectivity index (χ1n) is 16.3. The van der Waals surface area contributed by atoms with Crippen molar-refractivity contribution in [2.45, 2.75) is 64.2 Å². The molecule has 0 spiro atoms. The summed E-state index contributed by atoms with van der Waals surface area (Å²) in [6.45, 7) is 9.48. The normalized spacial score (nSPS) is 17.6. The number of ether oxygens (including phenoxy) is 1. The van der Waals surface area contributed by atoms with Gasteiger partial charge in [0.2, 0.25) is 0 Å². The number of nitrogens with zero attached hydrogens (tertiary/aromatic N) is 6. The van der Waals surface area contributed by atoms with E-state index in [1.807, 2.05) is 31.2 Å². The van der Waals surface area contributed by atoms with Crippen molar-refractivity contribution in [1.82, 2.24) is 19.7 Å². The van der Waals surface area contributed by atoms with E-state index in [-0.39, 0.29) is 29.0 Å². The number of hydrazone groups is 1. The van der Waals surface area contributed by atoms with E-state index in [0.717, 1.165) is 72.3 Å². The van der Waals surface area contributed by atoms with Crippen molar-refractivity contribution in [2.24, 2.45) is 5.10 Å². The van der Waals surface area contributed by atoms with Crippen LogP contribution in [0.4, 0.5) is 24.5 Å². The maximum Gasteiger partial charge on any atom is 0.435 e. The zero-order valence-corrected chi connectivity index (χ0v) is 28.0. The van der Waals surface area contributed by atoms with Crippen molar-refractivity contribution in [3.63, 3.8) is 0 Å². The fraction of sp³-hybridized carbons (Fsp3) is 0.429. The molecule has 0 saturated carbocycles. The number of benzene rings is 2. The largest absolute Gasteiger partial charge is 0.435 e. The number of rotatable bonds is 9. The molecule has 4 aromatic rings. The van der Waals surface area contributed by atoms with Crippen LogP contribution in [0.3, 0.4) is 0 Å². The second kappa shape index (κ2) is 14.6. The zero-order valence-electron chi connectivity index (χ0n) is 27.2. The maximum atomic E-state index is 13.8. The van der Waals surface area contributed by atoms with Crippen LogP contribution in [0.1, 0.15) is 71.9 Å². The third-order valence-electron chi connectivity index (χ3n) is 8.95. The number of alkyl halides is 3. The Morgan fingerprint density at radius 2 is 1.96 bits per heavy atom. The highest BCUT2D eigenvalue weighted by Gasteiger charge is 2.37. The number of amides is 1. The van der Waals surface area contributed by atoms with E-state index in [4.69, 9.17) is 4.74 Å². The fourth-order valence-electron chi connectivity index (χ4n) is 6.41. The summed E-state index contributed by atoms with van der Waals surface area (Å²) in [6.07, 6.45) is 1.35. The molecule has 2 fully saturated rings. The molecule has 1 unspecified atom stereocenters. The first kappa shape index (κ1) is 33.8. The summed E-state index contributed by atoms with van der Waals surface area (Å²) in [4.78, 5) is 20.7. The van der Waals surface area contributed by atoms with E-state index < -0.39 is 17.8 Å². The molecule has 2 saturated heterocycles. The Bertz CT molecular complexity index is 1750. The molecule has 2 aliphatic heterocycles. The summed E-state index contributed by atoms with van der Waals surface area (Å²) in [5, 5.41) is 14.5. The summed E-state index contributed by atoms with van der Waals surface area (Å²) in [6, 6.07) is 12.9. The van der Waals surface area contributed by atoms with Gasteiger partial charge in [-0.1, -0.05) is 24.6 Å². The maximum absolute atomic E-state index is 13.8. The Morgan fingerprint density at radius 1 is 1.15 bits per heavy atom. The number of likely N-dealkylation sites (tertiary alicyclic amines) is 1. The van der Waals surface area contributed by atoms with Crippen LogP contribution in [0.5, 0.6) is 0 Å². The number of nitrogens with one attached hydrogen (secondary N) is 1. The van der Waals surface area contributed by atoms with Crippen molar-refractivity contribution in [2.75, 3.05) is 43.7 Å². The monoisotopic (exact) mass is 679 g/mol. The van der Waals surface area contributed by atoms with Gasteiger partial charge in [-0.15, -0.1) is 11.3 Å². The number of thiazole rings is 1. The van der Waals surface area contributed by atoms with Gasteiger partial charge in [0.25, 0.3) is 5.91 Å². The first-order valence-corrected chi connectivity index (χ1v) is 17.2. The lowest BCUT2D eigenvalue weighted by molar-refractivity contribution is -0.141. The lowest BCUT2D eigenvalue weighted by Crippen LogP contribution is -2.29. The van der Waals surface area contributed by atoms with Crippen LogP contribution in [0.15, 0.2) is 52.9 Å². The third kappa shape index (κ3) is 7.63. The number of piperidine rings is 1. The van der Waals surface area contributed by atoms with Crippen LogP contribution in [0, 0.1) is 6.92 Å². The minimum Gasteiger partial charge on any atom is -0.379 e. The molecule has 0 radical (unpaired) electrons. The molecule has 0 bridgehead atoms. The zero-order chi connectivity index (χ0) is 33.8. The number of hydrogen-bond acceptors (Lipinski definition) is 8. The van der Waals surface area contributed by atoms with Crippen LogP contribution in [-0.2, 0) is 17.5 Å². The van der Waals surface area contributed by atoms with Crippen molar-refractivity contribution in [1.29, 1.82) is 0 Å². The molecule has 254 valence electrons. The fourth-order valence-corrected chi connectivity index (χ4v) is 7.22. The van der Waals surface area contributed by atoms with Crippen molar-refractivity contribution in [3.05, 3.63) is 70.4 Å². The van der Waals surface area contributed by atoms with Crippen LogP contribution < -0.4 is 10.3 Å². The van der Waals surface area contributed by atoms with Gasteiger partial charge in [0.15, 0.2) is 5.69 Å². The lowest BCUT2D eigenvalue weighted by Gasteiger charge is -2.26. The molecule has 0 aliphatic carbocycles. The Kier molecular flexibility index (Phi) is 10.3. The summed E-state index contributed by atoms with van der Waals surface area (Å²) in [5.74, 6) is -0.479. The molecule has 1 atom stereocenters. The molecule has 2 aliphatic rings. The molecule has 1 N–H and O–H groups in total. The predicted octanol–water partition coefficient (Wildman–Crippen LogP) is 8.03. The number of aryl methyl sites for hydroxylation is 1. The minimum atomic E-state index is -4.62. The molecule has 2 aromatic heterocycles. The molecule has 48 heavy (non-hydrogen) atoms. The average Bonchev–Trinajstić information content (AvgIpc) is 3.67. The molecule has 4 heterocycles. The molecule has 9 nitrogen and oxygen atoms in total. The third-order valence-corrected chi connectivity index (χ3v) is 9.82. The van der Waals surface area contributed by atoms with Crippen molar-refractivity contribution >= 4 is 35.3 Å². The van der Waals surface area contributed by atoms with Gasteiger partial charge in [0.05, 0.1) is 29.7 Å². The molecular weight excluding hydrogens is 639 g/mol. The Balaban J connectivity index is 1.31. The van der Waals surface area contributed by atoms with E-state index in [1.165, 1.54) is 29.5 Å². The summed E-state index contributed by atoms with van der Waals surface area (Å²) in [5.41, 5.74) is 4.56. The molecular formula is C35H40F3N7O2S. The van der Waals surface area contributed by atoms with Gasteiger partial charge in [-0.25, -0.2) is 4.98 Å². The smallest absolute Gasteiger partial charge is 0.379 e. The number of carbonyl (C=O) groups is 1. The number of anilines is 2. The molecule has 2 aromatic carbocycles. The molecule has 6 rings (SSSR count).